The van der Waals surface area contributed by atoms with Crippen LogP contribution < -0.4 is 0 Å². The molecular weight excluding hydrogens is 214 g/mol. The van der Waals surface area contributed by atoms with Gasteiger partial charge in [-0.05, 0) is 18.4 Å². The maximum Gasteiger partial charge on any atom is 0.142 e. The van der Waals surface area contributed by atoms with E-state index in [0.717, 1.165) is 35.7 Å². The van der Waals surface area contributed by atoms with E-state index in [4.69, 9.17) is 11.6 Å². The van der Waals surface area contributed by atoms with Crippen molar-refractivity contribution in [1.29, 1.82) is 0 Å². The summed E-state index contributed by atoms with van der Waals surface area (Å²) in [6, 6.07) is 0. The second-order valence-electron chi connectivity index (χ2n) is 3.26. The van der Waals surface area contributed by atoms with E-state index in [2.05, 4.69) is 15.0 Å². The summed E-state index contributed by atoms with van der Waals surface area (Å²) >= 11 is 5.98. The molecule has 0 saturated carbocycles. The van der Waals surface area contributed by atoms with Gasteiger partial charge in [0, 0.05) is 12.6 Å². The molecule has 0 aliphatic heterocycles. The van der Waals surface area contributed by atoms with Crippen molar-refractivity contribution in [2.75, 3.05) is 0 Å². The standard InChI is InChI=1S/C10H10ClN3O/c11-9-8-7(3-1-2-4-15)5-12-10(8)14-6-13-9/h4-6H,1-3H2,(H,12,13,14). The molecule has 5 heteroatoms. The number of nitrogens with zero attached hydrogens (tertiary/aromatic N) is 2. The van der Waals surface area contributed by atoms with E-state index in [1.807, 2.05) is 6.20 Å². The molecular formula is C10H10ClN3O. The Morgan fingerprint density at radius 2 is 2.33 bits per heavy atom. The SMILES string of the molecule is O=CCCCc1c[nH]c2ncnc(Cl)c12. The zero-order chi connectivity index (χ0) is 10.7. The van der Waals surface area contributed by atoms with Crippen molar-refractivity contribution in [3.05, 3.63) is 23.2 Å². The molecule has 0 bridgehead atoms. The Kier molecular flexibility index (Phi) is 2.97. The van der Waals surface area contributed by atoms with E-state index >= 15 is 0 Å². The molecule has 0 amide bonds. The fourth-order valence-electron chi connectivity index (χ4n) is 1.56. The fraction of sp³-hybridized carbons (Fsp3) is 0.300. The number of halogens is 1. The summed E-state index contributed by atoms with van der Waals surface area (Å²) in [6.07, 6.45) is 6.42. The van der Waals surface area contributed by atoms with Gasteiger partial charge in [-0.15, -0.1) is 0 Å². The molecule has 4 nitrogen and oxygen atoms in total. The van der Waals surface area contributed by atoms with Gasteiger partial charge in [-0.2, -0.15) is 0 Å². The molecule has 2 rings (SSSR count). The van der Waals surface area contributed by atoms with E-state index in [1.54, 1.807) is 0 Å². The smallest absolute Gasteiger partial charge is 0.142 e. The van der Waals surface area contributed by atoms with Crippen LogP contribution in [-0.2, 0) is 11.2 Å². The van der Waals surface area contributed by atoms with Gasteiger partial charge in [-0.3, -0.25) is 0 Å². The Morgan fingerprint density at radius 1 is 1.47 bits per heavy atom. The fourth-order valence-corrected chi connectivity index (χ4v) is 1.81. The third-order valence-corrected chi connectivity index (χ3v) is 2.56. The molecule has 0 aliphatic carbocycles. The molecule has 2 aromatic rings. The summed E-state index contributed by atoms with van der Waals surface area (Å²) in [5, 5.41) is 1.33. The van der Waals surface area contributed by atoms with E-state index in [0.29, 0.717) is 11.6 Å². The molecule has 78 valence electrons. The van der Waals surface area contributed by atoms with Crippen molar-refractivity contribution in [3.8, 4) is 0 Å². The summed E-state index contributed by atoms with van der Waals surface area (Å²) in [5.41, 5.74) is 1.81. The zero-order valence-electron chi connectivity index (χ0n) is 8.03. The van der Waals surface area contributed by atoms with Crippen LogP contribution in [0.2, 0.25) is 5.15 Å². The first kappa shape index (κ1) is 10.1. The molecule has 0 atom stereocenters. The number of hydrogen-bond donors (Lipinski definition) is 1. The number of aromatic nitrogens is 3. The number of nitrogens with one attached hydrogen (secondary N) is 1. The summed E-state index contributed by atoms with van der Waals surface area (Å²) in [4.78, 5) is 21.2. The number of hydrogen-bond acceptors (Lipinski definition) is 3. The van der Waals surface area contributed by atoms with Gasteiger partial charge in [-0.25, -0.2) is 9.97 Å². The Labute approximate surface area is 91.7 Å². The average molecular weight is 224 g/mol. The van der Waals surface area contributed by atoms with Crippen LogP contribution in [0.15, 0.2) is 12.5 Å². The zero-order valence-corrected chi connectivity index (χ0v) is 8.79. The molecule has 0 radical (unpaired) electrons. The molecule has 2 heterocycles. The Bertz CT molecular complexity index is 480. The summed E-state index contributed by atoms with van der Waals surface area (Å²) in [7, 11) is 0. The highest BCUT2D eigenvalue weighted by Gasteiger charge is 2.08. The lowest BCUT2D eigenvalue weighted by atomic mass is 10.1. The van der Waals surface area contributed by atoms with Crippen LogP contribution in [0.4, 0.5) is 0 Å². The number of unbranched alkanes of at least 4 members (excludes halogenated alkanes) is 1. The van der Waals surface area contributed by atoms with Gasteiger partial charge < -0.3 is 9.78 Å². The molecule has 15 heavy (non-hydrogen) atoms. The van der Waals surface area contributed by atoms with Crippen LogP contribution >= 0.6 is 11.6 Å². The number of carbonyl (C=O) groups excluding carboxylic acids is 1. The van der Waals surface area contributed by atoms with E-state index < -0.39 is 0 Å². The third kappa shape index (κ3) is 1.99. The molecule has 0 fully saturated rings. The van der Waals surface area contributed by atoms with Crippen LogP contribution in [0.5, 0.6) is 0 Å². The topological polar surface area (TPSA) is 58.6 Å². The minimum absolute atomic E-state index is 0.461. The molecule has 0 saturated heterocycles. The summed E-state index contributed by atoms with van der Waals surface area (Å²) in [5.74, 6) is 0. The van der Waals surface area contributed by atoms with Crippen LogP contribution in [0.1, 0.15) is 18.4 Å². The first-order valence-corrected chi connectivity index (χ1v) is 5.11. The summed E-state index contributed by atoms with van der Waals surface area (Å²) < 4.78 is 0. The monoisotopic (exact) mass is 223 g/mol. The minimum Gasteiger partial charge on any atom is -0.346 e. The number of carbonyl (C=O) groups is 1. The van der Waals surface area contributed by atoms with E-state index in [9.17, 15) is 4.79 Å². The van der Waals surface area contributed by atoms with Gasteiger partial charge in [-0.1, -0.05) is 11.6 Å². The molecule has 0 spiro atoms. The van der Waals surface area contributed by atoms with Crippen molar-refractivity contribution in [2.24, 2.45) is 0 Å². The van der Waals surface area contributed by atoms with Gasteiger partial charge in [0.05, 0.1) is 5.39 Å². The predicted molar refractivity (Wildman–Crippen MR) is 57.9 cm³/mol. The lowest BCUT2D eigenvalue weighted by Gasteiger charge is -1.97. The van der Waals surface area contributed by atoms with Crippen LogP contribution in [0.25, 0.3) is 11.0 Å². The maximum atomic E-state index is 10.2. The predicted octanol–water partition coefficient (Wildman–Crippen LogP) is 2.13. The van der Waals surface area contributed by atoms with Gasteiger partial charge in [0.25, 0.3) is 0 Å². The first-order valence-electron chi connectivity index (χ1n) is 4.73. The number of aldehydes is 1. The van der Waals surface area contributed by atoms with Crippen molar-refractivity contribution in [2.45, 2.75) is 19.3 Å². The molecule has 0 unspecified atom stereocenters. The van der Waals surface area contributed by atoms with Crippen molar-refractivity contribution >= 4 is 28.9 Å². The van der Waals surface area contributed by atoms with Crippen molar-refractivity contribution in [1.82, 2.24) is 15.0 Å². The van der Waals surface area contributed by atoms with E-state index in [1.165, 1.54) is 6.33 Å². The second kappa shape index (κ2) is 4.40. The highest BCUT2D eigenvalue weighted by atomic mass is 35.5. The molecule has 2 aromatic heterocycles. The Balaban J connectivity index is 2.31. The van der Waals surface area contributed by atoms with Gasteiger partial charge in [0.1, 0.15) is 23.4 Å². The van der Waals surface area contributed by atoms with Crippen molar-refractivity contribution in [3.63, 3.8) is 0 Å². The quantitative estimate of drug-likeness (QED) is 0.491. The Hall–Kier alpha value is -1.42. The molecule has 0 aromatic carbocycles. The summed E-state index contributed by atoms with van der Waals surface area (Å²) in [6.45, 7) is 0. The number of aryl methyl sites for hydroxylation is 1. The number of aromatic amines is 1. The van der Waals surface area contributed by atoms with Gasteiger partial charge in [0.2, 0.25) is 0 Å². The van der Waals surface area contributed by atoms with Crippen molar-refractivity contribution < 1.29 is 4.79 Å². The highest BCUT2D eigenvalue weighted by Crippen LogP contribution is 2.23. The van der Waals surface area contributed by atoms with Crippen LogP contribution in [0.3, 0.4) is 0 Å². The highest BCUT2D eigenvalue weighted by molar-refractivity contribution is 6.34. The minimum atomic E-state index is 0.461. The first-order chi connectivity index (χ1) is 7.33. The average Bonchev–Trinajstić information content (AvgIpc) is 2.63. The Morgan fingerprint density at radius 3 is 3.13 bits per heavy atom. The normalized spacial score (nSPS) is 10.7. The molecule has 1 N–H and O–H groups in total. The lowest BCUT2D eigenvalue weighted by Crippen LogP contribution is -1.87. The largest absolute Gasteiger partial charge is 0.346 e. The lowest BCUT2D eigenvalue weighted by molar-refractivity contribution is -0.107. The van der Waals surface area contributed by atoms with Gasteiger partial charge in [0.15, 0.2) is 0 Å². The maximum absolute atomic E-state index is 10.2. The van der Waals surface area contributed by atoms with Crippen LogP contribution in [-0.4, -0.2) is 21.2 Å². The van der Waals surface area contributed by atoms with Gasteiger partial charge >= 0.3 is 0 Å². The van der Waals surface area contributed by atoms with Crippen LogP contribution in [0, 0.1) is 0 Å². The third-order valence-electron chi connectivity index (χ3n) is 2.27. The van der Waals surface area contributed by atoms with E-state index in [-0.39, 0.29) is 0 Å². The number of rotatable bonds is 4. The number of H-pyrrole nitrogens is 1. The number of fused-ring (bicyclic) bond motifs is 1. The molecule has 0 aliphatic rings. The second-order valence-corrected chi connectivity index (χ2v) is 3.62.